The van der Waals surface area contributed by atoms with E-state index in [4.69, 9.17) is 9.47 Å². The van der Waals surface area contributed by atoms with E-state index >= 15 is 0 Å². The lowest BCUT2D eigenvalue weighted by molar-refractivity contribution is 0.0323. The van der Waals surface area contributed by atoms with Crippen molar-refractivity contribution in [2.24, 2.45) is 0 Å². The smallest absolute Gasteiger partial charge is 0.126 e. The normalized spacial score (nSPS) is 12.5. The van der Waals surface area contributed by atoms with Gasteiger partial charge in [-0.1, -0.05) is 6.92 Å². The van der Waals surface area contributed by atoms with Gasteiger partial charge in [-0.15, -0.1) is 0 Å². The fourth-order valence-electron chi connectivity index (χ4n) is 1.60. The third-order valence-corrected chi connectivity index (χ3v) is 2.55. The molecule has 0 radical (unpaired) electrons. The van der Waals surface area contributed by atoms with Gasteiger partial charge in [-0.25, -0.2) is 0 Å². The van der Waals surface area contributed by atoms with Crippen LogP contribution >= 0.6 is 0 Å². The van der Waals surface area contributed by atoms with Gasteiger partial charge in [0.2, 0.25) is 0 Å². The molecule has 0 heterocycles. The molecule has 1 aromatic carbocycles. The van der Waals surface area contributed by atoms with Gasteiger partial charge in [-0.2, -0.15) is 0 Å². The van der Waals surface area contributed by atoms with Crippen LogP contribution in [0.1, 0.15) is 18.1 Å². The zero-order valence-corrected chi connectivity index (χ0v) is 10.6. The van der Waals surface area contributed by atoms with Crippen molar-refractivity contribution >= 4 is 0 Å². The Hall–Kier alpha value is -1.26. The van der Waals surface area contributed by atoms with Gasteiger partial charge < -0.3 is 19.7 Å². The van der Waals surface area contributed by atoms with Crippen LogP contribution in [0.25, 0.3) is 0 Å². The van der Waals surface area contributed by atoms with E-state index in [0.29, 0.717) is 5.75 Å². The van der Waals surface area contributed by atoms with Gasteiger partial charge >= 0.3 is 0 Å². The highest BCUT2D eigenvalue weighted by Gasteiger charge is 2.09. The average molecular weight is 240 g/mol. The van der Waals surface area contributed by atoms with Crippen LogP contribution in [0.3, 0.4) is 0 Å². The van der Waals surface area contributed by atoms with Crippen molar-refractivity contribution in [2.75, 3.05) is 20.3 Å². The highest BCUT2D eigenvalue weighted by atomic mass is 16.5. The molecule has 0 aromatic heterocycles. The first-order valence-electron chi connectivity index (χ1n) is 5.70. The third-order valence-electron chi connectivity index (χ3n) is 2.55. The second kappa shape index (κ2) is 6.47. The van der Waals surface area contributed by atoms with E-state index in [1.807, 2.05) is 19.9 Å². The number of aliphatic hydroxyl groups is 1. The summed E-state index contributed by atoms with van der Waals surface area (Å²) < 4.78 is 10.2. The summed E-state index contributed by atoms with van der Waals surface area (Å²) in [5.41, 5.74) is 1.84. The molecule has 1 atom stereocenters. The predicted molar refractivity (Wildman–Crippen MR) is 65.6 cm³/mol. The summed E-state index contributed by atoms with van der Waals surface area (Å²) in [4.78, 5) is 0. The summed E-state index contributed by atoms with van der Waals surface area (Å²) in [7, 11) is 1.52. The zero-order chi connectivity index (χ0) is 12.8. The Balaban J connectivity index is 2.68. The topological polar surface area (TPSA) is 58.9 Å². The van der Waals surface area contributed by atoms with Crippen LogP contribution in [-0.4, -0.2) is 36.6 Å². The highest BCUT2D eigenvalue weighted by Crippen LogP contribution is 2.28. The van der Waals surface area contributed by atoms with E-state index in [0.717, 1.165) is 17.5 Å². The summed E-state index contributed by atoms with van der Waals surface area (Å²) in [6.45, 7) is 4.28. The minimum absolute atomic E-state index is 0.152. The van der Waals surface area contributed by atoms with Crippen molar-refractivity contribution in [1.82, 2.24) is 0 Å². The van der Waals surface area contributed by atoms with Crippen molar-refractivity contribution in [2.45, 2.75) is 26.4 Å². The van der Waals surface area contributed by atoms with E-state index in [2.05, 4.69) is 0 Å². The van der Waals surface area contributed by atoms with Crippen LogP contribution in [-0.2, 0) is 11.2 Å². The molecule has 0 bridgehead atoms. The number of hydrogen-bond donors (Lipinski definition) is 2. The SMILES string of the molecule is CCc1cc(C)c(OCC(O)COC)cc1O. The number of aromatic hydroxyl groups is 1. The number of methoxy groups -OCH3 is 1. The van der Waals surface area contributed by atoms with Crippen molar-refractivity contribution in [3.63, 3.8) is 0 Å². The van der Waals surface area contributed by atoms with Gasteiger partial charge in [-0.05, 0) is 30.5 Å². The Bertz CT molecular complexity index is 363. The molecule has 4 nitrogen and oxygen atoms in total. The second-order valence-corrected chi connectivity index (χ2v) is 4.02. The number of benzene rings is 1. The molecule has 0 fully saturated rings. The molecule has 0 aliphatic heterocycles. The fraction of sp³-hybridized carbons (Fsp3) is 0.538. The molecule has 1 rings (SSSR count). The lowest BCUT2D eigenvalue weighted by Crippen LogP contribution is -2.22. The van der Waals surface area contributed by atoms with E-state index in [1.54, 1.807) is 6.07 Å². The van der Waals surface area contributed by atoms with Gasteiger partial charge in [0.25, 0.3) is 0 Å². The molecule has 17 heavy (non-hydrogen) atoms. The Labute approximate surface area is 102 Å². The van der Waals surface area contributed by atoms with E-state index in [-0.39, 0.29) is 19.0 Å². The lowest BCUT2D eigenvalue weighted by Gasteiger charge is -2.14. The molecular formula is C13H20O4. The van der Waals surface area contributed by atoms with Crippen LogP contribution in [0, 0.1) is 6.92 Å². The summed E-state index contributed by atoms with van der Waals surface area (Å²) >= 11 is 0. The summed E-state index contributed by atoms with van der Waals surface area (Å²) in [5, 5.41) is 19.2. The van der Waals surface area contributed by atoms with Crippen molar-refractivity contribution in [1.29, 1.82) is 0 Å². The first-order valence-corrected chi connectivity index (χ1v) is 5.70. The molecule has 0 aliphatic carbocycles. The monoisotopic (exact) mass is 240 g/mol. The maximum absolute atomic E-state index is 9.72. The minimum Gasteiger partial charge on any atom is -0.508 e. The maximum atomic E-state index is 9.72. The van der Waals surface area contributed by atoms with Crippen LogP contribution in [0.15, 0.2) is 12.1 Å². The molecule has 1 aromatic rings. The van der Waals surface area contributed by atoms with Gasteiger partial charge in [0.1, 0.15) is 24.2 Å². The number of phenolic OH excluding ortho intramolecular Hbond substituents is 1. The van der Waals surface area contributed by atoms with Crippen molar-refractivity contribution in [3.05, 3.63) is 23.3 Å². The molecule has 0 saturated carbocycles. The Morgan fingerprint density at radius 1 is 1.29 bits per heavy atom. The summed E-state index contributed by atoms with van der Waals surface area (Å²) in [5.74, 6) is 0.823. The van der Waals surface area contributed by atoms with Gasteiger partial charge in [0, 0.05) is 13.2 Å². The van der Waals surface area contributed by atoms with E-state index in [1.165, 1.54) is 7.11 Å². The lowest BCUT2D eigenvalue weighted by atomic mass is 10.1. The van der Waals surface area contributed by atoms with Gasteiger partial charge in [0.15, 0.2) is 0 Å². The maximum Gasteiger partial charge on any atom is 0.126 e. The summed E-state index contributed by atoms with van der Waals surface area (Å²) in [6, 6.07) is 3.49. The largest absolute Gasteiger partial charge is 0.508 e. The predicted octanol–water partition coefficient (Wildman–Crippen LogP) is 1.65. The van der Waals surface area contributed by atoms with Crippen LogP contribution < -0.4 is 4.74 Å². The number of ether oxygens (including phenoxy) is 2. The molecule has 0 aliphatic rings. The zero-order valence-electron chi connectivity index (χ0n) is 10.6. The third kappa shape index (κ3) is 3.91. The minimum atomic E-state index is -0.660. The first-order chi connectivity index (χ1) is 8.08. The Morgan fingerprint density at radius 2 is 2.00 bits per heavy atom. The van der Waals surface area contributed by atoms with Gasteiger partial charge in [0.05, 0.1) is 6.61 Å². The molecule has 2 N–H and O–H groups in total. The highest BCUT2D eigenvalue weighted by molar-refractivity contribution is 5.45. The quantitative estimate of drug-likeness (QED) is 0.793. The number of aryl methyl sites for hydroxylation is 2. The fourth-order valence-corrected chi connectivity index (χ4v) is 1.60. The number of rotatable bonds is 6. The number of aliphatic hydroxyl groups excluding tert-OH is 1. The molecule has 0 spiro atoms. The van der Waals surface area contributed by atoms with Crippen molar-refractivity contribution < 1.29 is 19.7 Å². The second-order valence-electron chi connectivity index (χ2n) is 4.02. The average Bonchev–Trinajstić information content (AvgIpc) is 2.30. The standard InChI is InChI=1S/C13H20O4/c1-4-10-5-9(2)13(6-12(10)15)17-8-11(14)7-16-3/h5-6,11,14-15H,4,7-8H2,1-3H3. The van der Waals surface area contributed by atoms with Gasteiger partial charge in [-0.3, -0.25) is 0 Å². The molecule has 0 saturated heterocycles. The van der Waals surface area contributed by atoms with Crippen LogP contribution in [0.4, 0.5) is 0 Å². The van der Waals surface area contributed by atoms with Crippen molar-refractivity contribution in [3.8, 4) is 11.5 Å². The van der Waals surface area contributed by atoms with Crippen LogP contribution in [0.2, 0.25) is 0 Å². The van der Waals surface area contributed by atoms with E-state index in [9.17, 15) is 10.2 Å². The summed E-state index contributed by atoms with van der Waals surface area (Å²) in [6.07, 6.45) is 0.117. The van der Waals surface area contributed by atoms with Crippen LogP contribution in [0.5, 0.6) is 11.5 Å². The molecule has 4 heteroatoms. The number of hydrogen-bond acceptors (Lipinski definition) is 4. The Morgan fingerprint density at radius 3 is 2.59 bits per heavy atom. The Kier molecular flexibility index (Phi) is 5.25. The number of phenols is 1. The molecular weight excluding hydrogens is 220 g/mol. The van der Waals surface area contributed by atoms with E-state index < -0.39 is 6.10 Å². The molecule has 0 amide bonds. The molecule has 96 valence electrons. The first kappa shape index (κ1) is 13.8. The molecule has 1 unspecified atom stereocenters.